The first-order chi connectivity index (χ1) is 35.2. The van der Waals surface area contributed by atoms with Crippen LogP contribution in [0, 0.1) is 11.8 Å². The van der Waals surface area contributed by atoms with Gasteiger partial charge < -0.3 is 65.5 Å². The number of nitrogens with zero attached hydrogens (tertiary/aromatic N) is 3. The van der Waals surface area contributed by atoms with Crippen LogP contribution in [0.4, 0.5) is 0 Å². The third-order valence-electron chi connectivity index (χ3n) is 14.8. The minimum Gasteiger partial charge on any atom is -0.480 e. The Balaban J connectivity index is 1.71. The number of fused-ring (bicyclic) bond motifs is 2. The van der Waals surface area contributed by atoms with Crippen LogP contribution in [-0.4, -0.2) is 142 Å². The minimum absolute atomic E-state index is 0.0196. The number of aliphatic imine (C=N–C) groups is 1. The summed E-state index contributed by atoms with van der Waals surface area (Å²) >= 11 is 0. The number of nitrogens with one attached hydrogen (secondary N) is 3. The first-order valence-electron chi connectivity index (χ1n) is 27.1. The van der Waals surface area contributed by atoms with E-state index in [-0.39, 0.29) is 56.6 Å². The van der Waals surface area contributed by atoms with Gasteiger partial charge in [-0.05, 0) is 132 Å². The number of carboxylic acids is 1. The number of aliphatic carboxylic acids is 1. The predicted molar refractivity (Wildman–Crippen MR) is 279 cm³/mol. The predicted octanol–water partition coefficient (Wildman–Crippen LogP) is 0.925. The zero-order valence-corrected chi connectivity index (χ0v) is 43.1. The first-order valence-corrected chi connectivity index (χ1v) is 27.1. The number of hydrogen-bond donors (Lipinski definition) is 11. The molecule has 17 N–H and O–H groups in total. The zero-order chi connectivity index (χ0) is 53.3. The fourth-order valence-corrected chi connectivity index (χ4v) is 10.8. The van der Waals surface area contributed by atoms with Crippen molar-refractivity contribution in [1.29, 1.82) is 0 Å². The average Bonchev–Trinajstić information content (AvgIpc) is 3.99. The Morgan fingerprint density at radius 3 is 1.86 bits per heavy atom. The molecule has 0 aromatic heterocycles. The molecule has 0 spiro atoms. The van der Waals surface area contributed by atoms with Crippen LogP contribution >= 0.6 is 0 Å². The molecule has 1 saturated carbocycles. The number of rotatable bonds is 34. The summed E-state index contributed by atoms with van der Waals surface area (Å²) in [6, 6.07) is -0.585. The van der Waals surface area contributed by atoms with Gasteiger partial charge in [0.25, 0.3) is 5.91 Å². The Hall–Kier alpha value is -5.22. The number of carbonyl (C=O) groups is 7. The molecule has 1 aromatic carbocycles. The van der Waals surface area contributed by atoms with Crippen molar-refractivity contribution < 1.29 is 43.8 Å². The smallest absolute Gasteiger partial charge is 0.326 e. The van der Waals surface area contributed by atoms with Gasteiger partial charge in [-0.2, -0.15) is 0 Å². The summed E-state index contributed by atoms with van der Waals surface area (Å²) in [5.41, 5.74) is 36.4. The largest absolute Gasteiger partial charge is 0.480 e. The van der Waals surface area contributed by atoms with Crippen molar-refractivity contribution in [3.63, 3.8) is 0 Å². The number of imide groups is 1. The maximum atomic E-state index is 15.2. The van der Waals surface area contributed by atoms with E-state index in [2.05, 4.69) is 20.9 Å². The van der Waals surface area contributed by atoms with Crippen LogP contribution in [0.3, 0.4) is 0 Å². The number of likely N-dealkylation sites (tertiary alicyclic amines) is 1. The van der Waals surface area contributed by atoms with Gasteiger partial charge in [0.2, 0.25) is 29.5 Å². The van der Waals surface area contributed by atoms with Gasteiger partial charge >= 0.3 is 5.97 Å². The number of carbonyl (C=O) groups excluding carboxylic acids is 6. The van der Waals surface area contributed by atoms with Crippen LogP contribution in [0.15, 0.2) is 29.3 Å². The maximum absolute atomic E-state index is 15.2. The van der Waals surface area contributed by atoms with Crippen molar-refractivity contribution in [1.82, 2.24) is 25.8 Å². The summed E-state index contributed by atoms with van der Waals surface area (Å²) in [5, 5.41) is 30.0. The molecule has 2 fully saturated rings. The number of hydrogen-bond acceptors (Lipinski definition) is 13. The van der Waals surface area contributed by atoms with Gasteiger partial charge in [-0.3, -0.25) is 38.7 Å². The lowest BCUT2D eigenvalue weighted by Gasteiger charge is -2.38. The van der Waals surface area contributed by atoms with Crippen LogP contribution in [0.25, 0.3) is 0 Å². The number of aliphatic hydroxyl groups excluding tert-OH is 1. The highest BCUT2D eigenvalue weighted by molar-refractivity contribution is 6.04. The van der Waals surface area contributed by atoms with E-state index in [0.717, 1.165) is 68.9 Å². The van der Waals surface area contributed by atoms with E-state index >= 15 is 9.59 Å². The topological polar surface area (TPSA) is 371 Å². The molecule has 410 valence electrons. The third kappa shape index (κ3) is 18.6. The summed E-state index contributed by atoms with van der Waals surface area (Å²) in [4.78, 5) is 107. The Labute approximate surface area is 431 Å². The van der Waals surface area contributed by atoms with Gasteiger partial charge in [0.15, 0.2) is 5.96 Å². The molecule has 8 atom stereocenters. The number of carboxylic acid groups (broad SMARTS) is 1. The zero-order valence-electron chi connectivity index (χ0n) is 43.1. The van der Waals surface area contributed by atoms with Crippen molar-refractivity contribution in [3.05, 3.63) is 35.4 Å². The second-order valence-electron chi connectivity index (χ2n) is 20.3. The highest BCUT2D eigenvalue weighted by Gasteiger charge is 2.51. The second-order valence-corrected chi connectivity index (χ2v) is 20.3. The summed E-state index contributed by atoms with van der Waals surface area (Å²) in [6.45, 7) is 0.370. The van der Waals surface area contributed by atoms with Gasteiger partial charge in [0, 0.05) is 19.0 Å². The molecular formula is C52H88N12O9. The molecule has 0 bridgehead atoms. The highest BCUT2D eigenvalue weighted by Crippen LogP contribution is 2.41. The molecule has 6 amide bonds. The minimum atomic E-state index is -1.87. The standard InChI is InChI=1S/C52H88N12O9/c53-26-14-6-4-2-1-3-5-7-25-44(66)64(49(70)40(23-17-29-59-52(57)58)61-47(68)39(22-13-16-28-55)60-46(67)38(56)21-12-15-27-54)43(33-65)48(69)62-45(37-30-34-18-8-9-19-35(34)31-37)50(71)63-41-24-11-10-20-36(41)32-42(63)51(72)73/h8-9,18-19,36-43,45,65H,1-7,10-17,20-33,53-56H2,(H,60,67)(H,61,68)(H,62,69)(H,72,73)(H4,57,58,59)/t36-,38-,39-,40-,41-,42-,43-,45+/m0/s1. The van der Waals surface area contributed by atoms with Crippen molar-refractivity contribution in [2.75, 3.05) is 32.8 Å². The van der Waals surface area contributed by atoms with Crippen molar-refractivity contribution in [2.24, 2.45) is 51.2 Å². The summed E-state index contributed by atoms with van der Waals surface area (Å²) in [5.74, 6) is -6.58. The van der Waals surface area contributed by atoms with E-state index in [4.69, 9.17) is 34.4 Å². The maximum Gasteiger partial charge on any atom is 0.326 e. The van der Waals surface area contributed by atoms with Crippen molar-refractivity contribution in [2.45, 2.75) is 196 Å². The van der Waals surface area contributed by atoms with Crippen LogP contribution in [-0.2, 0) is 46.4 Å². The second kappa shape index (κ2) is 32.2. The van der Waals surface area contributed by atoms with Gasteiger partial charge in [0.05, 0.1) is 12.6 Å². The van der Waals surface area contributed by atoms with Crippen molar-refractivity contribution >= 4 is 47.4 Å². The Bertz CT molecular complexity index is 1950. The monoisotopic (exact) mass is 1020 g/mol. The molecule has 4 rings (SSSR count). The lowest BCUT2D eigenvalue weighted by molar-refractivity contribution is -0.157. The summed E-state index contributed by atoms with van der Waals surface area (Å²) < 4.78 is 0. The van der Waals surface area contributed by atoms with E-state index in [0.29, 0.717) is 88.7 Å². The molecule has 1 aliphatic heterocycles. The van der Waals surface area contributed by atoms with Crippen molar-refractivity contribution in [3.8, 4) is 0 Å². The van der Waals surface area contributed by atoms with Crippen LogP contribution in [0.5, 0.6) is 0 Å². The van der Waals surface area contributed by atoms with E-state index < -0.39 is 90.2 Å². The molecule has 73 heavy (non-hydrogen) atoms. The SMILES string of the molecule is NCCCCCCCCCCC(=O)N(C(=O)[C@H](CCCN=C(N)N)NC(=O)[C@H](CCCCN)NC(=O)[C@@H](N)CCCCN)[C@@H](CO)C(=O)N[C@@H](C(=O)N1[C@H](C(=O)O)C[C@@H]2CCCC[C@@H]21)C1Cc2ccccc2C1. The van der Waals surface area contributed by atoms with E-state index in [1.165, 1.54) is 4.90 Å². The first kappa shape index (κ1) is 60.3. The molecule has 21 heteroatoms. The van der Waals surface area contributed by atoms with Crippen LogP contribution in [0.1, 0.15) is 152 Å². The van der Waals surface area contributed by atoms with Gasteiger partial charge in [-0.1, -0.05) is 82.1 Å². The molecule has 0 unspecified atom stereocenters. The summed E-state index contributed by atoms with van der Waals surface area (Å²) in [7, 11) is 0. The highest BCUT2D eigenvalue weighted by atomic mass is 16.4. The lowest BCUT2D eigenvalue weighted by atomic mass is 9.84. The molecule has 1 heterocycles. The normalized spacial score (nSPS) is 19.4. The Morgan fingerprint density at radius 1 is 0.699 bits per heavy atom. The molecule has 0 radical (unpaired) electrons. The van der Waals surface area contributed by atoms with Gasteiger partial charge in [-0.15, -0.1) is 0 Å². The number of unbranched alkanes of at least 4 members (excludes halogenated alkanes) is 9. The number of nitrogens with two attached hydrogens (primary N) is 6. The molecular weight excluding hydrogens is 937 g/mol. The van der Waals surface area contributed by atoms with E-state index in [9.17, 15) is 34.2 Å². The lowest BCUT2D eigenvalue weighted by Crippen LogP contribution is -2.63. The Morgan fingerprint density at radius 2 is 1.26 bits per heavy atom. The average molecular weight is 1030 g/mol. The number of benzene rings is 1. The van der Waals surface area contributed by atoms with Gasteiger partial charge in [-0.25, -0.2) is 4.79 Å². The fraction of sp³-hybridized carbons (Fsp3) is 0.731. The molecule has 1 aromatic rings. The van der Waals surface area contributed by atoms with Crippen LogP contribution < -0.4 is 50.4 Å². The van der Waals surface area contributed by atoms with E-state index in [1.54, 1.807) is 0 Å². The molecule has 1 saturated heterocycles. The quantitative estimate of drug-likeness (QED) is 0.0260. The van der Waals surface area contributed by atoms with Crippen LogP contribution in [0.2, 0.25) is 0 Å². The van der Waals surface area contributed by atoms with E-state index in [1.807, 2.05) is 24.3 Å². The fourth-order valence-electron chi connectivity index (χ4n) is 10.8. The molecule has 3 aliphatic rings. The molecule has 21 nitrogen and oxygen atoms in total. The number of aliphatic hydroxyl groups is 1. The summed E-state index contributed by atoms with van der Waals surface area (Å²) in [6.07, 6.45) is 13.4. The molecule has 2 aliphatic carbocycles. The third-order valence-corrected chi connectivity index (χ3v) is 14.8. The van der Waals surface area contributed by atoms with Gasteiger partial charge in [0.1, 0.15) is 30.2 Å². The number of guanidine groups is 1. The number of amides is 6. The Kier molecular flexibility index (Phi) is 26.6.